The van der Waals surface area contributed by atoms with Crippen molar-refractivity contribution >= 4 is 17.5 Å². The maximum Gasteiger partial charge on any atom is 0.305 e. The smallest absolute Gasteiger partial charge is 0.305 e. The highest BCUT2D eigenvalue weighted by atomic mass is 16.4. The molecule has 116 valence electrons. The molecule has 0 saturated heterocycles. The van der Waals surface area contributed by atoms with Crippen LogP contribution in [-0.4, -0.2) is 85.2 Å². The van der Waals surface area contributed by atoms with Gasteiger partial charge in [-0.1, -0.05) is 0 Å². The molecule has 0 rings (SSSR count). The Morgan fingerprint density at radius 2 is 1.45 bits per heavy atom. The summed E-state index contributed by atoms with van der Waals surface area (Å²) in [6.45, 7) is -0.953. The first-order valence-corrected chi connectivity index (χ1v) is 5.52. The minimum absolute atomic E-state index is 0.852. The monoisotopic (exact) mass is 295 g/mol. The molecule has 0 aliphatic rings. The van der Waals surface area contributed by atoms with Crippen molar-refractivity contribution in [3.63, 3.8) is 0 Å². The third-order valence-corrected chi connectivity index (χ3v) is 2.50. The molecule has 0 amide bonds. The Bertz CT molecular complexity index is 372. The fourth-order valence-corrected chi connectivity index (χ4v) is 1.29. The van der Waals surface area contributed by atoms with Crippen LogP contribution in [0.5, 0.6) is 0 Å². The minimum atomic E-state index is -2.40. The maximum absolute atomic E-state index is 11.4. The number of aliphatic hydroxyl groups is 5. The van der Waals surface area contributed by atoms with E-state index in [4.69, 9.17) is 21.1 Å². The Hall–Kier alpha value is -1.43. The number of aliphatic carboxylic acids is 1. The van der Waals surface area contributed by atoms with Gasteiger partial charge in [0.25, 0.3) is 0 Å². The Morgan fingerprint density at radius 3 is 1.85 bits per heavy atom. The number of Topliss-reactive ketones (excluding diaryl/α,β-unsaturated/α-hetero) is 2. The van der Waals surface area contributed by atoms with E-state index in [-0.39, 0.29) is 0 Å². The zero-order chi connectivity index (χ0) is 16.0. The van der Waals surface area contributed by atoms with Gasteiger partial charge in [0.2, 0.25) is 11.6 Å². The van der Waals surface area contributed by atoms with E-state index in [0.29, 0.717) is 0 Å². The van der Waals surface area contributed by atoms with Crippen LogP contribution in [0.15, 0.2) is 0 Å². The molecule has 0 radical (unpaired) electrons. The highest BCUT2D eigenvalue weighted by molar-refractivity contribution is 6.41. The number of aliphatic hydroxyl groups excluding tert-OH is 5. The highest BCUT2D eigenvalue weighted by Gasteiger charge is 2.38. The van der Waals surface area contributed by atoms with E-state index in [0.717, 1.165) is 0 Å². The Labute approximate surface area is 113 Å². The van der Waals surface area contributed by atoms with Crippen molar-refractivity contribution in [3.8, 4) is 0 Å². The Balaban J connectivity index is 4.76. The van der Waals surface area contributed by atoms with Crippen LogP contribution in [0.25, 0.3) is 0 Å². The summed E-state index contributed by atoms with van der Waals surface area (Å²) in [6.07, 6.45) is -9.42. The molecule has 10 nitrogen and oxygen atoms in total. The molecular weight excluding hydrogens is 278 g/mol. The summed E-state index contributed by atoms with van der Waals surface area (Å²) in [7, 11) is 0. The molecule has 5 atom stereocenters. The van der Waals surface area contributed by atoms with Gasteiger partial charge in [0.05, 0.1) is 19.1 Å². The molecule has 0 spiro atoms. The lowest BCUT2D eigenvalue weighted by atomic mass is 9.95. The van der Waals surface area contributed by atoms with Gasteiger partial charge in [-0.2, -0.15) is 0 Å². The van der Waals surface area contributed by atoms with Crippen LogP contribution in [0.1, 0.15) is 6.42 Å². The van der Waals surface area contributed by atoms with E-state index < -0.39 is 61.0 Å². The zero-order valence-corrected chi connectivity index (χ0v) is 10.3. The predicted octanol–water partition coefficient (Wildman–Crippen LogP) is -4.64. The SMILES string of the molecule is N[C@@H](CC(=O)O)C(=O)C(=O)[C@H](O)[C@@H](O)[C@H](O)[C@H](O)CO. The van der Waals surface area contributed by atoms with Crippen molar-refractivity contribution in [3.05, 3.63) is 0 Å². The lowest BCUT2D eigenvalue weighted by molar-refractivity contribution is -0.155. The average molecular weight is 295 g/mol. The van der Waals surface area contributed by atoms with Gasteiger partial charge in [-0.25, -0.2) is 0 Å². The van der Waals surface area contributed by atoms with Crippen LogP contribution in [0, 0.1) is 0 Å². The highest BCUT2D eigenvalue weighted by Crippen LogP contribution is 2.07. The number of hydrogen-bond donors (Lipinski definition) is 7. The number of nitrogens with two attached hydrogens (primary N) is 1. The Morgan fingerprint density at radius 1 is 0.950 bits per heavy atom. The number of carboxylic acid groups (broad SMARTS) is 1. The summed E-state index contributed by atoms with van der Waals surface area (Å²) in [5.41, 5.74) is 5.12. The zero-order valence-electron chi connectivity index (χ0n) is 10.3. The fourth-order valence-electron chi connectivity index (χ4n) is 1.29. The molecule has 0 aromatic carbocycles. The Kier molecular flexibility index (Phi) is 7.42. The normalized spacial score (nSPS) is 18.7. The van der Waals surface area contributed by atoms with Crippen LogP contribution >= 0.6 is 0 Å². The molecule has 0 fully saturated rings. The summed E-state index contributed by atoms with van der Waals surface area (Å²) in [6, 6.07) is -1.71. The molecule has 0 unspecified atom stereocenters. The topological polar surface area (TPSA) is 199 Å². The summed E-state index contributed by atoms with van der Waals surface area (Å²) < 4.78 is 0. The van der Waals surface area contributed by atoms with Gasteiger partial charge in [-0.3, -0.25) is 14.4 Å². The third kappa shape index (κ3) is 4.92. The number of rotatable bonds is 9. The van der Waals surface area contributed by atoms with Crippen molar-refractivity contribution in [1.82, 2.24) is 0 Å². The first-order valence-electron chi connectivity index (χ1n) is 5.52. The maximum atomic E-state index is 11.4. The van der Waals surface area contributed by atoms with Crippen molar-refractivity contribution in [2.75, 3.05) is 6.61 Å². The molecular formula is C10H17NO9. The number of carboxylic acids is 1. The van der Waals surface area contributed by atoms with E-state index >= 15 is 0 Å². The predicted molar refractivity (Wildman–Crippen MR) is 61.4 cm³/mol. The molecule has 0 saturated carbocycles. The van der Waals surface area contributed by atoms with Gasteiger partial charge >= 0.3 is 5.97 Å². The molecule has 8 N–H and O–H groups in total. The molecule has 0 heterocycles. The molecule has 0 aliphatic carbocycles. The number of ketones is 2. The second-order valence-electron chi connectivity index (χ2n) is 4.11. The summed E-state index contributed by atoms with van der Waals surface area (Å²) in [5, 5.41) is 54.0. The first kappa shape index (κ1) is 18.6. The van der Waals surface area contributed by atoms with Crippen LogP contribution in [-0.2, 0) is 14.4 Å². The molecule has 0 aromatic heterocycles. The standard InChI is InChI=1S/C10H17NO9/c11-3(1-5(14)15)6(16)8(18)10(20)9(19)7(17)4(13)2-12/h3-4,7,9-10,12-13,17,19-20H,1-2,11H2,(H,14,15)/t3-,4+,7+,9-,10-/m0/s1. The van der Waals surface area contributed by atoms with E-state index in [2.05, 4.69) is 0 Å². The summed E-state index contributed by atoms with van der Waals surface area (Å²) in [4.78, 5) is 33.1. The minimum Gasteiger partial charge on any atom is -0.481 e. The van der Waals surface area contributed by atoms with Gasteiger partial charge < -0.3 is 36.4 Å². The van der Waals surface area contributed by atoms with Gasteiger partial charge in [-0.05, 0) is 0 Å². The van der Waals surface area contributed by atoms with Crippen molar-refractivity contribution in [2.45, 2.75) is 36.9 Å². The van der Waals surface area contributed by atoms with E-state index in [1.54, 1.807) is 0 Å². The summed E-state index contributed by atoms with van der Waals surface area (Å²) >= 11 is 0. The van der Waals surface area contributed by atoms with Gasteiger partial charge in [0, 0.05) is 0 Å². The lowest BCUT2D eigenvalue weighted by Crippen LogP contribution is -2.52. The summed E-state index contributed by atoms with van der Waals surface area (Å²) in [5.74, 6) is -4.48. The second-order valence-corrected chi connectivity index (χ2v) is 4.11. The molecule has 20 heavy (non-hydrogen) atoms. The quantitative estimate of drug-likeness (QED) is 0.203. The van der Waals surface area contributed by atoms with Crippen molar-refractivity contribution in [1.29, 1.82) is 0 Å². The molecule has 0 aromatic rings. The molecule has 0 aliphatic heterocycles. The molecule has 0 bridgehead atoms. The van der Waals surface area contributed by atoms with Crippen molar-refractivity contribution < 1.29 is 45.0 Å². The van der Waals surface area contributed by atoms with Crippen LogP contribution in [0.3, 0.4) is 0 Å². The lowest BCUT2D eigenvalue weighted by Gasteiger charge is -2.24. The first-order chi connectivity index (χ1) is 9.13. The van der Waals surface area contributed by atoms with Gasteiger partial charge in [0.1, 0.15) is 24.4 Å². The fraction of sp³-hybridized carbons (Fsp3) is 0.700. The largest absolute Gasteiger partial charge is 0.481 e. The van der Waals surface area contributed by atoms with Crippen LogP contribution in [0.2, 0.25) is 0 Å². The van der Waals surface area contributed by atoms with Crippen LogP contribution < -0.4 is 5.73 Å². The average Bonchev–Trinajstić information content (AvgIpc) is 2.41. The number of carbonyl (C=O) groups excluding carboxylic acids is 2. The van der Waals surface area contributed by atoms with Crippen LogP contribution in [0.4, 0.5) is 0 Å². The molecule has 10 heteroatoms. The third-order valence-electron chi connectivity index (χ3n) is 2.50. The van der Waals surface area contributed by atoms with Gasteiger partial charge in [-0.15, -0.1) is 0 Å². The van der Waals surface area contributed by atoms with Gasteiger partial charge in [0.15, 0.2) is 0 Å². The van der Waals surface area contributed by atoms with E-state index in [1.807, 2.05) is 0 Å². The second kappa shape index (κ2) is 7.99. The van der Waals surface area contributed by atoms with Crippen molar-refractivity contribution in [2.24, 2.45) is 5.73 Å². The number of carbonyl (C=O) groups is 3. The number of hydrogen-bond acceptors (Lipinski definition) is 9. The van der Waals surface area contributed by atoms with E-state index in [1.165, 1.54) is 0 Å². The van der Waals surface area contributed by atoms with E-state index in [9.17, 15) is 29.7 Å².